The zero-order chi connectivity index (χ0) is 20.9. The molecule has 3 heterocycles. The lowest BCUT2D eigenvalue weighted by atomic mass is 10.2. The third-order valence-electron chi connectivity index (χ3n) is 5.04. The summed E-state index contributed by atoms with van der Waals surface area (Å²) in [5.74, 6) is 2.69. The van der Waals surface area contributed by atoms with Crippen molar-refractivity contribution in [1.29, 1.82) is 0 Å². The number of rotatable bonds is 6. The smallest absolute Gasteiger partial charge is 0.227 e. The van der Waals surface area contributed by atoms with Crippen molar-refractivity contribution >= 4 is 23.3 Å². The van der Waals surface area contributed by atoms with Crippen molar-refractivity contribution in [3.05, 3.63) is 53.5 Å². The molecular formula is C21H22ClN5O3. The van der Waals surface area contributed by atoms with E-state index in [1.165, 1.54) is 0 Å². The molecule has 0 spiro atoms. The van der Waals surface area contributed by atoms with Gasteiger partial charge < -0.3 is 19.1 Å². The summed E-state index contributed by atoms with van der Waals surface area (Å²) in [5, 5.41) is 4.62. The standard InChI is InChI=1S/C21H22ClN5O3/c1-29-17-5-2-15(3-6-17)21-24-19(30-25-21)8-9-20(28)27-12-10-26(11-13-27)18-7-4-16(22)14-23-18/h2-7,14H,8-13H2,1H3. The lowest BCUT2D eigenvalue weighted by Crippen LogP contribution is -2.49. The fraction of sp³-hybridized carbons (Fsp3) is 0.333. The molecular weight excluding hydrogens is 406 g/mol. The minimum atomic E-state index is 0.0860. The number of piperazine rings is 1. The van der Waals surface area contributed by atoms with Crippen molar-refractivity contribution < 1.29 is 14.1 Å². The number of aromatic nitrogens is 3. The number of hydrogen-bond donors (Lipinski definition) is 0. The molecule has 1 saturated heterocycles. The molecule has 3 aromatic rings. The normalized spacial score (nSPS) is 14.1. The summed E-state index contributed by atoms with van der Waals surface area (Å²) in [6.07, 6.45) is 2.39. The van der Waals surface area contributed by atoms with E-state index in [-0.39, 0.29) is 5.91 Å². The zero-order valence-corrected chi connectivity index (χ0v) is 17.4. The number of pyridine rings is 1. The molecule has 156 valence electrons. The average molecular weight is 428 g/mol. The molecule has 0 bridgehead atoms. The minimum Gasteiger partial charge on any atom is -0.497 e. The van der Waals surface area contributed by atoms with Crippen LogP contribution in [0.5, 0.6) is 5.75 Å². The van der Waals surface area contributed by atoms with Crippen LogP contribution in [-0.2, 0) is 11.2 Å². The summed E-state index contributed by atoms with van der Waals surface area (Å²) in [6, 6.07) is 11.1. The van der Waals surface area contributed by atoms with E-state index in [1.807, 2.05) is 41.3 Å². The number of hydrogen-bond acceptors (Lipinski definition) is 7. The number of halogens is 1. The highest BCUT2D eigenvalue weighted by atomic mass is 35.5. The second-order valence-corrected chi connectivity index (χ2v) is 7.38. The molecule has 2 aromatic heterocycles. The average Bonchev–Trinajstić information content (AvgIpc) is 3.27. The summed E-state index contributed by atoms with van der Waals surface area (Å²) >= 11 is 5.89. The van der Waals surface area contributed by atoms with Crippen LogP contribution in [0.3, 0.4) is 0 Å². The first-order valence-corrected chi connectivity index (χ1v) is 10.1. The molecule has 0 radical (unpaired) electrons. The number of methoxy groups -OCH3 is 1. The maximum absolute atomic E-state index is 12.6. The van der Waals surface area contributed by atoms with Gasteiger partial charge in [0.1, 0.15) is 11.6 Å². The zero-order valence-electron chi connectivity index (χ0n) is 16.6. The van der Waals surface area contributed by atoms with Crippen molar-refractivity contribution in [1.82, 2.24) is 20.0 Å². The van der Waals surface area contributed by atoms with Gasteiger partial charge in [-0.2, -0.15) is 4.98 Å². The molecule has 8 nitrogen and oxygen atoms in total. The third kappa shape index (κ3) is 4.71. The lowest BCUT2D eigenvalue weighted by molar-refractivity contribution is -0.131. The lowest BCUT2D eigenvalue weighted by Gasteiger charge is -2.35. The minimum absolute atomic E-state index is 0.0860. The Hall–Kier alpha value is -3.13. The first-order valence-electron chi connectivity index (χ1n) is 9.73. The van der Waals surface area contributed by atoms with E-state index in [2.05, 4.69) is 20.0 Å². The van der Waals surface area contributed by atoms with Gasteiger partial charge >= 0.3 is 0 Å². The monoisotopic (exact) mass is 427 g/mol. The van der Waals surface area contributed by atoms with Gasteiger partial charge in [-0.05, 0) is 36.4 Å². The molecule has 9 heteroatoms. The van der Waals surface area contributed by atoms with Gasteiger partial charge in [0.2, 0.25) is 17.6 Å². The summed E-state index contributed by atoms with van der Waals surface area (Å²) in [5.41, 5.74) is 0.837. The quantitative estimate of drug-likeness (QED) is 0.597. The SMILES string of the molecule is COc1ccc(-c2noc(CCC(=O)N3CCN(c4ccc(Cl)cn4)CC3)n2)cc1. The van der Waals surface area contributed by atoms with E-state index in [0.29, 0.717) is 42.7 Å². The highest BCUT2D eigenvalue weighted by Gasteiger charge is 2.22. The number of ether oxygens (including phenoxy) is 1. The molecule has 0 atom stereocenters. The number of benzene rings is 1. The first-order chi connectivity index (χ1) is 14.6. The molecule has 30 heavy (non-hydrogen) atoms. The highest BCUT2D eigenvalue weighted by Crippen LogP contribution is 2.20. The van der Waals surface area contributed by atoms with E-state index >= 15 is 0 Å². The molecule has 1 aromatic carbocycles. The second-order valence-electron chi connectivity index (χ2n) is 6.94. The van der Waals surface area contributed by atoms with Crippen molar-refractivity contribution in [3.63, 3.8) is 0 Å². The number of amides is 1. The number of anilines is 1. The molecule has 0 aliphatic carbocycles. The highest BCUT2D eigenvalue weighted by molar-refractivity contribution is 6.30. The van der Waals surface area contributed by atoms with Crippen molar-refractivity contribution in [2.75, 3.05) is 38.2 Å². The molecule has 0 saturated carbocycles. The van der Waals surface area contributed by atoms with Crippen LogP contribution in [0.2, 0.25) is 5.02 Å². The van der Waals surface area contributed by atoms with E-state index in [0.717, 1.165) is 30.2 Å². The summed E-state index contributed by atoms with van der Waals surface area (Å²) in [6.45, 7) is 2.79. The fourth-order valence-electron chi connectivity index (χ4n) is 3.33. The van der Waals surface area contributed by atoms with E-state index in [9.17, 15) is 4.79 Å². The summed E-state index contributed by atoms with van der Waals surface area (Å²) in [4.78, 5) is 25.3. The fourth-order valence-corrected chi connectivity index (χ4v) is 3.44. The van der Waals surface area contributed by atoms with Crippen LogP contribution >= 0.6 is 11.6 Å². The predicted octanol–water partition coefficient (Wildman–Crippen LogP) is 3.08. The maximum Gasteiger partial charge on any atom is 0.227 e. The van der Waals surface area contributed by atoms with Crippen molar-refractivity contribution in [2.24, 2.45) is 0 Å². The van der Waals surface area contributed by atoms with E-state index < -0.39 is 0 Å². The van der Waals surface area contributed by atoms with Crippen molar-refractivity contribution in [3.8, 4) is 17.1 Å². The van der Waals surface area contributed by atoms with Gasteiger partial charge in [-0.1, -0.05) is 16.8 Å². The molecule has 0 N–H and O–H groups in total. The molecule has 4 rings (SSSR count). The van der Waals surface area contributed by atoms with Gasteiger partial charge in [-0.15, -0.1) is 0 Å². The number of carbonyl (C=O) groups is 1. The summed E-state index contributed by atoms with van der Waals surface area (Å²) in [7, 11) is 1.62. The number of nitrogens with zero attached hydrogens (tertiary/aromatic N) is 5. The molecule has 1 aliphatic heterocycles. The van der Waals surface area contributed by atoms with Gasteiger partial charge in [0.15, 0.2) is 0 Å². The van der Waals surface area contributed by atoms with Crippen LogP contribution < -0.4 is 9.64 Å². The summed E-state index contributed by atoms with van der Waals surface area (Å²) < 4.78 is 10.5. The maximum atomic E-state index is 12.6. The molecule has 0 unspecified atom stereocenters. The Balaban J connectivity index is 1.27. The Bertz CT molecular complexity index is 983. The van der Waals surface area contributed by atoms with Crippen LogP contribution in [0.15, 0.2) is 47.1 Å². The van der Waals surface area contributed by atoms with E-state index in [4.69, 9.17) is 20.9 Å². The Morgan fingerprint density at radius 1 is 1.13 bits per heavy atom. The van der Waals surface area contributed by atoms with Crippen LogP contribution in [0.1, 0.15) is 12.3 Å². The van der Waals surface area contributed by atoms with E-state index in [1.54, 1.807) is 13.3 Å². The Kier molecular flexibility index (Phi) is 6.13. The van der Waals surface area contributed by atoms with Crippen molar-refractivity contribution in [2.45, 2.75) is 12.8 Å². The number of carbonyl (C=O) groups excluding carboxylic acids is 1. The number of aryl methyl sites for hydroxylation is 1. The van der Waals surface area contributed by atoms with Gasteiger partial charge in [-0.25, -0.2) is 4.98 Å². The Morgan fingerprint density at radius 2 is 1.90 bits per heavy atom. The molecule has 1 amide bonds. The second kappa shape index (κ2) is 9.13. The van der Waals surface area contributed by atoms with Crippen LogP contribution in [0.25, 0.3) is 11.4 Å². The van der Waals surface area contributed by atoms with Gasteiger partial charge in [0.05, 0.1) is 12.1 Å². The molecule has 1 aliphatic rings. The van der Waals surface area contributed by atoms with Crippen LogP contribution in [0.4, 0.5) is 5.82 Å². The predicted molar refractivity (Wildman–Crippen MR) is 113 cm³/mol. The first kappa shape index (κ1) is 20.2. The Morgan fingerprint density at radius 3 is 2.57 bits per heavy atom. The van der Waals surface area contributed by atoms with Crippen LogP contribution in [0, 0.1) is 0 Å². The van der Waals surface area contributed by atoms with Gasteiger partial charge in [0.25, 0.3) is 0 Å². The Labute approximate surface area is 179 Å². The third-order valence-corrected chi connectivity index (χ3v) is 5.26. The molecule has 1 fully saturated rings. The van der Waals surface area contributed by atoms with Gasteiger partial charge in [0, 0.05) is 50.8 Å². The van der Waals surface area contributed by atoms with Crippen LogP contribution in [-0.4, -0.2) is 59.2 Å². The van der Waals surface area contributed by atoms with Gasteiger partial charge in [-0.3, -0.25) is 4.79 Å². The largest absolute Gasteiger partial charge is 0.497 e. The topological polar surface area (TPSA) is 84.6 Å².